The molecule has 0 radical (unpaired) electrons. The molecule has 1 N–H and O–H groups in total. The van der Waals surface area contributed by atoms with Crippen LogP contribution < -0.4 is 4.74 Å². The third-order valence-corrected chi connectivity index (χ3v) is 3.97. The van der Waals surface area contributed by atoms with Gasteiger partial charge in [0.15, 0.2) is 0 Å². The van der Waals surface area contributed by atoms with Gasteiger partial charge >= 0.3 is 5.97 Å². The molecule has 0 saturated heterocycles. The van der Waals surface area contributed by atoms with Gasteiger partial charge in [-0.2, -0.15) is 0 Å². The van der Waals surface area contributed by atoms with Crippen molar-refractivity contribution in [2.75, 3.05) is 0 Å². The maximum Gasteiger partial charge on any atom is 0.303 e. The quantitative estimate of drug-likeness (QED) is 0.888. The number of rotatable bonds is 4. The Bertz CT molecular complexity index is 477. The van der Waals surface area contributed by atoms with Crippen molar-refractivity contribution in [3.05, 3.63) is 29.3 Å². The fourth-order valence-electron chi connectivity index (χ4n) is 3.02. The lowest BCUT2D eigenvalue weighted by atomic mass is 9.86. The second-order valence-electron chi connectivity index (χ2n) is 5.50. The van der Waals surface area contributed by atoms with Crippen LogP contribution >= 0.6 is 0 Å². The van der Waals surface area contributed by atoms with Gasteiger partial charge in [0.1, 0.15) is 11.9 Å². The molecule has 1 aliphatic heterocycles. The van der Waals surface area contributed by atoms with E-state index in [-0.39, 0.29) is 18.4 Å². The highest BCUT2D eigenvalue weighted by Crippen LogP contribution is 2.47. The Labute approximate surface area is 107 Å². The molecule has 2 unspecified atom stereocenters. The highest BCUT2D eigenvalue weighted by Gasteiger charge is 2.36. The number of hydrogen-bond donors (Lipinski definition) is 1. The van der Waals surface area contributed by atoms with Gasteiger partial charge in [-0.15, -0.1) is 0 Å². The first-order chi connectivity index (χ1) is 8.65. The van der Waals surface area contributed by atoms with Crippen molar-refractivity contribution in [3.63, 3.8) is 0 Å². The lowest BCUT2D eigenvalue weighted by Gasteiger charge is -2.17. The number of carbonyl (C=O) groups is 1. The summed E-state index contributed by atoms with van der Waals surface area (Å²) in [6.45, 7) is 2.06. The molecule has 1 aliphatic carbocycles. The maximum atomic E-state index is 11.0. The van der Waals surface area contributed by atoms with Crippen LogP contribution in [0.2, 0.25) is 0 Å². The number of benzene rings is 1. The summed E-state index contributed by atoms with van der Waals surface area (Å²) in [7, 11) is 0. The Morgan fingerprint density at radius 1 is 1.50 bits per heavy atom. The van der Waals surface area contributed by atoms with Crippen LogP contribution in [0.3, 0.4) is 0 Å². The minimum absolute atomic E-state index is 0.173. The van der Waals surface area contributed by atoms with E-state index in [0.717, 1.165) is 25.0 Å². The van der Waals surface area contributed by atoms with Crippen LogP contribution in [-0.4, -0.2) is 17.2 Å². The lowest BCUT2D eigenvalue weighted by Crippen LogP contribution is -2.11. The average molecular weight is 246 g/mol. The third-order valence-electron chi connectivity index (χ3n) is 3.97. The highest BCUT2D eigenvalue weighted by molar-refractivity contribution is 5.68. The summed E-state index contributed by atoms with van der Waals surface area (Å²) in [4.78, 5) is 11.0. The lowest BCUT2D eigenvalue weighted by molar-refractivity contribution is -0.137. The van der Waals surface area contributed by atoms with E-state index < -0.39 is 5.97 Å². The second kappa shape index (κ2) is 4.30. The van der Waals surface area contributed by atoms with E-state index >= 15 is 0 Å². The van der Waals surface area contributed by atoms with Crippen molar-refractivity contribution in [3.8, 4) is 5.75 Å². The smallest absolute Gasteiger partial charge is 0.303 e. The first kappa shape index (κ1) is 11.6. The van der Waals surface area contributed by atoms with Crippen LogP contribution in [0.1, 0.15) is 43.2 Å². The summed E-state index contributed by atoms with van der Waals surface area (Å²) in [5.41, 5.74) is 2.45. The summed E-state index contributed by atoms with van der Waals surface area (Å²) in [5.74, 6) is 0.988. The van der Waals surface area contributed by atoms with Crippen molar-refractivity contribution >= 4 is 5.97 Å². The normalized spacial score (nSPS) is 23.3. The Kier molecular flexibility index (Phi) is 2.77. The number of aliphatic carboxylic acids is 1. The molecule has 3 rings (SSSR count). The first-order valence-electron chi connectivity index (χ1n) is 6.65. The van der Waals surface area contributed by atoms with Gasteiger partial charge < -0.3 is 9.84 Å². The first-order valence-corrected chi connectivity index (χ1v) is 6.65. The van der Waals surface area contributed by atoms with E-state index in [1.807, 2.05) is 12.1 Å². The van der Waals surface area contributed by atoms with E-state index in [2.05, 4.69) is 13.0 Å². The van der Waals surface area contributed by atoms with Crippen LogP contribution in [0.25, 0.3) is 0 Å². The predicted octanol–water partition coefficient (Wildman–Crippen LogP) is 2.98. The van der Waals surface area contributed by atoms with Gasteiger partial charge in [0.2, 0.25) is 0 Å². The van der Waals surface area contributed by atoms with Gasteiger partial charge in [-0.25, -0.2) is 0 Å². The van der Waals surface area contributed by atoms with E-state index in [0.29, 0.717) is 5.92 Å². The summed E-state index contributed by atoms with van der Waals surface area (Å²) in [6.07, 6.45) is 3.70. The molecule has 96 valence electrons. The van der Waals surface area contributed by atoms with E-state index in [9.17, 15) is 4.79 Å². The molecule has 1 saturated carbocycles. The van der Waals surface area contributed by atoms with Gasteiger partial charge in [0.25, 0.3) is 0 Å². The maximum absolute atomic E-state index is 11.0. The van der Waals surface area contributed by atoms with Crippen molar-refractivity contribution in [1.82, 2.24) is 0 Å². The fraction of sp³-hybridized carbons (Fsp3) is 0.533. The van der Waals surface area contributed by atoms with Crippen LogP contribution in [0, 0.1) is 5.92 Å². The number of fused-ring (bicyclic) bond motifs is 1. The molecular weight excluding hydrogens is 228 g/mol. The zero-order valence-corrected chi connectivity index (χ0v) is 10.6. The van der Waals surface area contributed by atoms with E-state index in [1.165, 1.54) is 11.1 Å². The monoisotopic (exact) mass is 246 g/mol. The average Bonchev–Trinajstić information content (AvgIpc) is 3.06. The fourth-order valence-corrected chi connectivity index (χ4v) is 3.02. The van der Waals surface area contributed by atoms with Crippen LogP contribution in [-0.2, 0) is 11.2 Å². The molecule has 3 nitrogen and oxygen atoms in total. The molecule has 0 amide bonds. The molecular formula is C15H18O3. The zero-order chi connectivity index (χ0) is 12.7. The van der Waals surface area contributed by atoms with Crippen LogP contribution in [0.4, 0.5) is 0 Å². The molecule has 18 heavy (non-hydrogen) atoms. The molecule has 1 aromatic rings. The predicted molar refractivity (Wildman–Crippen MR) is 68.0 cm³/mol. The Morgan fingerprint density at radius 2 is 2.28 bits per heavy atom. The Morgan fingerprint density at radius 3 is 2.94 bits per heavy atom. The minimum atomic E-state index is -0.698. The highest BCUT2D eigenvalue weighted by atomic mass is 16.5. The SMILES string of the molecule is CC1Cc2c(cccc2C(CC(=O)O)C2CC2)O1. The van der Waals surface area contributed by atoms with E-state index in [1.54, 1.807) is 0 Å². The number of carboxylic acids is 1. The van der Waals surface area contributed by atoms with Gasteiger partial charge in [-0.05, 0) is 43.2 Å². The van der Waals surface area contributed by atoms with Gasteiger partial charge in [-0.1, -0.05) is 12.1 Å². The summed E-state index contributed by atoms with van der Waals surface area (Å²) >= 11 is 0. The summed E-state index contributed by atoms with van der Waals surface area (Å²) in [5, 5.41) is 9.09. The molecule has 3 heteroatoms. The summed E-state index contributed by atoms with van der Waals surface area (Å²) < 4.78 is 5.76. The molecule has 0 spiro atoms. The molecule has 1 fully saturated rings. The van der Waals surface area contributed by atoms with Crippen LogP contribution in [0.15, 0.2) is 18.2 Å². The van der Waals surface area contributed by atoms with Crippen LogP contribution in [0.5, 0.6) is 5.75 Å². The largest absolute Gasteiger partial charge is 0.490 e. The van der Waals surface area contributed by atoms with Gasteiger partial charge in [-0.3, -0.25) is 4.79 Å². The molecule has 2 atom stereocenters. The number of carboxylic acid groups (broad SMARTS) is 1. The van der Waals surface area contributed by atoms with Crippen molar-refractivity contribution in [2.24, 2.45) is 5.92 Å². The Balaban J connectivity index is 1.95. The van der Waals surface area contributed by atoms with E-state index in [4.69, 9.17) is 9.84 Å². The number of ether oxygens (including phenoxy) is 1. The topological polar surface area (TPSA) is 46.5 Å². The third kappa shape index (κ3) is 2.09. The molecule has 0 bridgehead atoms. The molecule has 2 aliphatic rings. The number of hydrogen-bond acceptors (Lipinski definition) is 2. The van der Waals surface area contributed by atoms with Crippen molar-refractivity contribution in [2.45, 2.75) is 44.6 Å². The van der Waals surface area contributed by atoms with Crippen molar-refractivity contribution < 1.29 is 14.6 Å². The molecule has 1 aromatic carbocycles. The van der Waals surface area contributed by atoms with Crippen molar-refractivity contribution in [1.29, 1.82) is 0 Å². The Hall–Kier alpha value is -1.51. The van der Waals surface area contributed by atoms with Gasteiger partial charge in [0.05, 0.1) is 6.42 Å². The standard InChI is InChI=1S/C15H18O3/c1-9-7-13-11(3-2-4-14(13)18-9)12(8-15(16)17)10-5-6-10/h2-4,9-10,12H,5-8H2,1H3,(H,16,17). The van der Waals surface area contributed by atoms with Gasteiger partial charge in [0, 0.05) is 12.0 Å². The second-order valence-corrected chi connectivity index (χ2v) is 5.50. The molecule has 1 heterocycles. The summed E-state index contributed by atoms with van der Waals surface area (Å²) in [6, 6.07) is 6.07. The minimum Gasteiger partial charge on any atom is -0.490 e. The zero-order valence-electron chi connectivity index (χ0n) is 10.6. The molecule has 0 aromatic heterocycles.